The maximum absolute atomic E-state index is 14.5. The first kappa shape index (κ1) is 23.1. The van der Waals surface area contributed by atoms with Crippen LogP contribution in [0.2, 0.25) is 0 Å². The number of Topliss-reactive ketones (excluding diaryl/α,β-unsaturated/α-hetero) is 1. The Bertz CT molecular complexity index is 1140. The SMILES string of the molecule is CC(=O)c1c(F)c(F)c(Sc2c(F)c(F)c(Sc3ccccc3)c(F)c2F)c(F)c1F. The molecular formula is C20H8F8OS2. The van der Waals surface area contributed by atoms with Crippen molar-refractivity contribution in [1.29, 1.82) is 0 Å². The van der Waals surface area contributed by atoms with Crippen LogP contribution in [0.3, 0.4) is 0 Å². The van der Waals surface area contributed by atoms with Crippen LogP contribution in [0.4, 0.5) is 35.1 Å². The zero-order valence-corrected chi connectivity index (χ0v) is 16.8. The van der Waals surface area contributed by atoms with Gasteiger partial charge in [0, 0.05) is 4.90 Å². The second-order valence-electron chi connectivity index (χ2n) is 5.95. The Morgan fingerprint density at radius 1 is 0.581 bits per heavy atom. The number of hydrogen-bond acceptors (Lipinski definition) is 3. The molecule has 0 aliphatic carbocycles. The minimum atomic E-state index is -2.14. The molecule has 3 rings (SSSR count). The normalized spacial score (nSPS) is 11.1. The lowest BCUT2D eigenvalue weighted by Gasteiger charge is -2.13. The second kappa shape index (κ2) is 8.91. The minimum Gasteiger partial charge on any atom is -0.294 e. The van der Waals surface area contributed by atoms with Crippen LogP contribution in [0, 0.1) is 46.5 Å². The van der Waals surface area contributed by atoms with Gasteiger partial charge in [0.1, 0.15) is 0 Å². The number of carbonyl (C=O) groups is 1. The fraction of sp³-hybridized carbons (Fsp3) is 0.0500. The van der Waals surface area contributed by atoms with E-state index >= 15 is 0 Å². The first-order valence-electron chi connectivity index (χ1n) is 8.19. The quantitative estimate of drug-likeness (QED) is 0.217. The van der Waals surface area contributed by atoms with Gasteiger partial charge in [-0.1, -0.05) is 41.7 Å². The van der Waals surface area contributed by atoms with E-state index in [-0.39, 0.29) is 4.90 Å². The third-order valence-electron chi connectivity index (χ3n) is 3.93. The topological polar surface area (TPSA) is 17.1 Å². The largest absolute Gasteiger partial charge is 0.294 e. The summed E-state index contributed by atoms with van der Waals surface area (Å²) in [5.74, 6) is -17.6. The number of hydrogen-bond donors (Lipinski definition) is 0. The molecule has 0 atom stereocenters. The summed E-state index contributed by atoms with van der Waals surface area (Å²) in [6.07, 6.45) is 0. The lowest BCUT2D eigenvalue weighted by atomic mass is 10.1. The number of ketones is 1. The molecule has 0 unspecified atom stereocenters. The molecule has 0 aromatic heterocycles. The molecule has 0 aliphatic heterocycles. The summed E-state index contributed by atoms with van der Waals surface area (Å²) in [5, 5.41) is 0. The van der Waals surface area contributed by atoms with Crippen LogP contribution in [0.1, 0.15) is 17.3 Å². The van der Waals surface area contributed by atoms with E-state index in [0.29, 0.717) is 18.7 Å². The van der Waals surface area contributed by atoms with E-state index in [1.807, 2.05) is 0 Å². The van der Waals surface area contributed by atoms with Gasteiger partial charge in [0.25, 0.3) is 0 Å². The highest BCUT2D eigenvalue weighted by Crippen LogP contribution is 2.43. The van der Waals surface area contributed by atoms with Crippen LogP contribution in [-0.4, -0.2) is 5.78 Å². The van der Waals surface area contributed by atoms with E-state index in [2.05, 4.69) is 0 Å². The Morgan fingerprint density at radius 2 is 0.935 bits per heavy atom. The van der Waals surface area contributed by atoms with Gasteiger partial charge in [-0.3, -0.25) is 4.79 Å². The average Bonchev–Trinajstić information content (AvgIpc) is 2.74. The molecule has 0 saturated heterocycles. The monoisotopic (exact) mass is 480 g/mol. The second-order valence-corrected chi connectivity index (χ2v) is 8.05. The van der Waals surface area contributed by atoms with Gasteiger partial charge in [0.15, 0.2) is 52.3 Å². The van der Waals surface area contributed by atoms with Crippen LogP contribution in [0.15, 0.2) is 49.9 Å². The highest BCUT2D eigenvalue weighted by Gasteiger charge is 2.32. The molecule has 3 aromatic rings. The minimum absolute atomic E-state index is 0.237. The molecule has 3 aromatic carbocycles. The van der Waals surface area contributed by atoms with E-state index in [4.69, 9.17) is 0 Å². The molecule has 0 saturated carbocycles. The van der Waals surface area contributed by atoms with Gasteiger partial charge in [-0.2, -0.15) is 0 Å². The van der Waals surface area contributed by atoms with Crippen LogP contribution in [0.25, 0.3) is 0 Å². The van der Waals surface area contributed by atoms with Crippen molar-refractivity contribution < 1.29 is 39.9 Å². The molecule has 0 amide bonds. The fourth-order valence-electron chi connectivity index (χ4n) is 2.49. The Kier molecular flexibility index (Phi) is 6.65. The van der Waals surface area contributed by atoms with Crippen molar-refractivity contribution >= 4 is 29.3 Å². The van der Waals surface area contributed by atoms with Gasteiger partial charge in [0.2, 0.25) is 0 Å². The number of rotatable bonds is 5. The van der Waals surface area contributed by atoms with Gasteiger partial charge in [-0.15, -0.1) is 0 Å². The fourth-order valence-corrected chi connectivity index (χ4v) is 4.30. The van der Waals surface area contributed by atoms with Crippen molar-refractivity contribution in [3.63, 3.8) is 0 Å². The third-order valence-corrected chi connectivity index (χ3v) is 6.12. The van der Waals surface area contributed by atoms with Gasteiger partial charge in [-0.05, 0) is 19.1 Å². The standard InChI is InChI=1S/C20H8F8OS2/c1-7(29)9-10(21)12(23)19(13(24)11(9)22)31-20-16(27)14(25)18(15(26)17(20)28)30-8-5-3-2-4-6-8/h2-6H,1H3. The molecule has 0 radical (unpaired) electrons. The zero-order valence-electron chi connectivity index (χ0n) is 15.1. The number of benzene rings is 3. The molecule has 0 heterocycles. The summed E-state index contributed by atoms with van der Waals surface area (Å²) in [7, 11) is 0. The Hall–Kier alpha value is -2.53. The van der Waals surface area contributed by atoms with Crippen molar-refractivity contribution in [1.82, 2.24) is 0 Å². The van der Waals surface area contributed by atoms with E-state index in [0.717, 1.165) is 0 Å². The zero-order chi connectivity index (χ0) is 23.0. The van der Waals surface area contributed by atoms with E-state index in [1.54, 1.807) is 6.07 Å². The molecule has 1 nitrogen and oxygen atoms in total. The van der Waals surface area contributed by atoms with E-state index in [9.17, 15) is 39.9 Å². The van der Waals surface area contributed by atoms with Crippen LogP contribution in [-0.2, 0) is 0 Å². The van der Waals surface area contributed by atoms with Crippen LogP contribution in [0.5, 0.6) is 0 Å². The number of halogens is 8. The summed E-state index contributed by atoms with van der Waals surface area (Å²) in [6, 6.07) is 7.43. The molecule has 11 heteroatoms. The maximum atomic E-state index is 14.5. The first-order chi connectivity index (χ1) is 14.6. The van der Waals surface area contributed by atoms with E-state index in [1.165, 1.54) is 24.3 Å². The molecule has 162 valence electrons. The Labute approximate surface area is 178 Å². The lowest BCUT2D eigenvalue weighted by Crippen LogP contribution is -2.10. The molecule has 0 spiro atoms. The summed E-state index contributed by atoms with van der Waals surface area (Å²) in [6.45, 7) is 0.639. The maximum Gasteiger partial charge on any atom is 0.177 e. The van der Waals surface area contributed by atoms with Crippen molar-refractivity contribution in [2.24, 2.45) is 0 Å². The Morgan fingerprint density at radius 3 is 1.32 bits per heavy atom. The average molecular weight is 480 g/mol. The van der Waals surface area contributed by atoms with Crippen LogP contribution >= 0.6 is 23.5 Å². The highest BCUT2D eigenvalue weighted by molar-refractivity contribution is 7.99. The number of carbonyl (C=O) groups excluding carboxylic acids is 1. The van der Waals surface area contributed by atoms with Crippen molar-refractivity contribution in [2.75, 3.05) is 0 Å². The smallest absolute Gasteiger partial charge is 0.177 e. The van der Waals surface area contributed by atoms with Gasteiger partial charge in [-0.25, -0.2) is 35.1 Å². The van der Waals surface area contributed by atoms with Crippen molar-refractivity contribution in [3.05, 3.63) is 82.4 Å². The summed E-state index contributed by atoms with van der Waals surface area (Å²) >= 11 is -0.239. The lowest BCUT2D eigenvalue weighted by molar-refractivity contribution is 0.100. The third kappa shape index (κ3) is 4.16. The summed E-state index contributed by atoms with van der Waals surface area (Å²) in [5.41, 5.74) is -1.53. The summed E-state index contributed by atoms with van der Waals surface area (Å²) < 4.78 is 114. The first-order valence-corrected chi connectivity index (χ1v) is 9.83. The van der Waals surface area contributed by atoms with E-state index < -0.39 is 84.3 Å². The Balaban J connectivity index is 2.13. The molecular weight excluding hydrogens is 472 g/mol. The molecule has 31 heavy (non-hydrogen) atoms. The van der Waals surface area contributed by atoms with Gasteiger partial charge in [0.05, 0.1) is 20.2 Å². The van der Waals surface area contributed by atoms with Gasteiger partial charge >= 0.3 is 0 Å². The molecule has 0 bridgehead atoms. The molecule has 0 fully saturated rings. The highest BCUT2D eigenvalue weighted by atomic mass is 32.2. The molecule has 0 aliphatic rings. The van der Waals surface area contributed by atoms with Crippen molar-refractivity contribution in [3.8, 4) is 0 Å². The van der Waals surface area contributed by atoms with Crippen molar-refractivity contribution in [2.45, 2.75) is 26.5 Å². The van der Waals surface area contributed by atoms with Crippen LogP contribution < -0.4 is 0 Å². The predicted octanol–water partition coefficient (Wildman–Crippen LogP) is 7.30. The van der Waals surface area contributed by atoms with Gasteiger partial charge < -0.3 is 0 Å². The summed E-state index contributed by atoms with van der Waals surface area (Å²) in [4.78, 5) is 7.21. The predicted molar refractivity (Wildman–Crippen MR) is 97.2 cm³/mol. The molecule has 0 N–H and O–H groups in total.